The molecular formula is C12H25NO2. The van der Waals surface area contributed by atoms with Crippen molar-refractivity contribution in [2.45, 2.75) is 51.7 Å². The van der Waals surface area contributed by atoms with E-state index in [4.69, 9.17) is 0 Å². The number of piperidine rings is 1. The highest BCUT2D eigenvalue weighted by molar-refractivity contribution is 4.83. The van der Waals surface area contributed by atoms with Crippen LogP contribution < -0.4 is 0 Å². The molecule has 90 valence electrons. The molecule has 1 fully saturated rings. The lowest BCUT2D eigenvalue weighted by molar-refractivity contribution is -0.0267. The van der Waals surface area contributed by atoms with Gasteiger partial charge in [-0.05, 0) is 32.1 Å². The van der Waals surface area contributed by atoms with Crippen molar-refractivity contribution in [2.75, 3.05) is 19.6 Å². The number of rotatable bonds is 4. The van der Waals surface area contributed by atoms with Gasteiger partial charge in [0.15, 0.2) is 0 Å². The fourth-order valence-electron chi connectivity index (χ4n) is 2.23. The second kappa shape index (κ2) is 5.28. The topological polar surface area (TPSA) is 43.7 Å². The summed E-state index contributed by atoms with van der Waals surface area (Å²) in [5, 5.41) is 19.7. The van der Waals surface area contributed by atoms with Crippen LogP contribution >= 0.6 is 0 Å². The Morgan fingerprint density at radius 3 is 2.60 bits per heavy atom. The van der Waals surface area contributed by atoms with Crippen LogP contribution in [0.25, 0.3) is 0 Å². The summed E-state index contributed by atoms with van der Waals surface area (Å²) in [6.45, 7) is 8.58. The summed E-state index contributed by atoms with van der Waals surface area (Å²) in [7, 11) is 0. The van der Waals surface area contributed by atoms with Crippen LogP contribution in [0.1, 0.15) is 40.0 Å². The first-order valence-corrected chi connectivity index (χ1v) is 6.11. The standard InChI is InChI=1S/C12H25NO2/c1-4-10-8-13(7-6-11(10)14)9-12(3,15)5-2/h10-11,14-15H,4-9H2,1-3H3. The van der Waals surface area contributed by atoms with Crippen molar-refractivity contribution in [1.29, 1.82) is 0 Å². The van der Waals surface area contributed by atoms with Gasteiger partial charge < -0.3 is 15.1 Å². The highest BCUT2D eigenvalue weighted by Gasteiger charge is 2.30. The van der Waals surface area contributed by atoms with E-state index >= 15 is 0 Å². The third kappa shape index (κ3) is 3.74. The summed E-state index contributed by atoms with van der Waals surface area (Å²) in [5.74, 6) is 0.381. The molecule has 0 aromatic rings. The number of likely N-dealkylation sites (tertiary alicyclic amines) is 1. The predicted octanol–water partition coefficient (Wildman–Crippen LogP) is 1.24. The molecule has 0 amide bonds. The van der Waals surface area contributed by atoms with Gasteiger partial charge in [-0.25, -0.2) is 0 Å². The molecule has 0 saturated carbocycles. The molecule has 0 aliphatic carbocycles. The molecule has 0 aromatic heterocycles. The minimum absolute atomic E-state index is 0.141. The minimum Gasteiger partial charge on any atom is -0.393 e. The highest BCUT2D eigenvalue weighted by Crippen LogP contribution is 2.22. The lowest BCUT2D eigenvalue weighted by Gasteiger charge is -2.39. The first-order chi connectivity index (χ1) is 6.98. The fraction of sp³-hybridized carbons (Fsp3) is 1.00. The fourth-order valence-corrected chi connectivity index (χ4v) is 2.23. The SMILES string of the molecule is CCC1CN(CC(C)(O)CC)CCC1O. The molecule has 1 aliphatic heterocycles. The van der Waals surface area contributed by atoms with Crippen LogP contribution in [-0.4, -0.2) is 46.5 Å². The zero-order valence-corrected chi connectivity index (χ0v) is 10.2. The van der Waals surface area contributed by atoms with Crippen LogP contribution in [0.4, 0.5) is 0 Å². The zero-order valence-electron chi connectivity index (χ0n) is 10.2. The summed E-state index contributed by atoms with van der Waals surface area (Å²) in [6.07, 6.45) is 2.51. The molecule has 0 radical (unpaired) electrons. The second-order valence-electron chi connectivity index (χ2n) is 5.11. The van der Waals surface area contributed by atoms with Crippen LogP contribution in [0.5, 0.6) is 0 Å². The van der Waals surface area contributed by atoms with Gasteiger partial charge in [0.25, 0.3) is 0 Å². The Kier molecular flexibility index (Phi) is 4.56. The summed E-state index contributed by atoms with van der Waals surface area (Å²) in [4.78, 5) is 2.28. The minimum atomic E-state index is -0.583. The van der Waals surface area contributed by atoms with Crippen molar-refractivity contribution in [1.82, 2.24) is 4.90 Å². The number of β-amino-alcohol motifs (C(OH)–C–C–N with tert-alkyl or cyclic N) is 1. The highest BCUT2D eigenvalue weighted by atomic mass is 16.3. The van der Waals surface area contributed by atoms with Crippen molar-refractivity contribution in [3.8, 4) is 0 Å². The molecule has 0 bridgehead atoms. The van der Waals surface area contributed by atoms with E-state index in [0.717, 1.165) is 38.9 Å². The lowest BCUT2D eigenvalue weighted by atomic mass is 9.91. The van der Waals surface area contributed by atoms with Gasteiger partial charge in [-0.1, -0.05) is 13.8 Å². The monoisotopic (exact) mass is 215 g/mol. The smallest absolute Gasteiger partial charge is 0.0743 e. The Hall–Kier alpha value is -0.120. The maximum absolute atomic E-state index is 10.00. The van der Waals surface area contributed by atoms with E-state index in [0.29, 0.717) is 5.92 Å². The van der Waals surface area contributed by atoms with Gasteiger partial charge in [0.1, 0.15) is 0 Å². The van der Waals surface area contributed by atoms with Gasteiger partial charge >= 0.3 is 0 Å². The van der Waals surface area contributed by atoms with Gasteiger partial charge in [-0.2, -0.15) is 0 Å². The summed E-state index contributed by atoms with van der Waals surface area (Å²) < 4.78 is 0. The number of hydrogen-bond acceptors (Lipinski definition) is 3. The zero-order chi connectivity index (χ0) is 11.5. The average molecular weight is 215 g/mol. The van der Waals surface area contributed by atoms with Crippen LogP contribution in [0.15, 0.2) is 0 Å². The van der Waals surface area contributed by atoms with Gasteiger partial charge in [-0.15, -0.1) is 0 Å². The second-order valence-corrected chi connectivity index (χ2v) is 5.11. The van der Waals surface area contributed by atoms with E-state index in [1.807, 2.05) is 13.8 Å². The molecule has 3 heteroatoms. The van der Waals surface area contributed by atoms with Crippen LogP contribution in [0.2, 0.25) is 0 Å². The molecule has 1 aliphatic rings. The Balaban J connectivity index is 2.45. The van der Waals surface area contributed by atoms with Crippen LogP contribution in [0, 0.1) is 5.92 Å². The lowest BCUT2D eigenvalue weighted by Crippen LogP contribution is -2.48. The molecule has 3 atom stereocenters. The van der Waals surface area contributed by atoms with Gasteiger partial charge in [0.05, 0.1) is 11.7 Å². The van der Waals surface area contributed by atoms with Crippen molar-refractivity contribution >= 4 is 0 Å². The molecular weight excluding hydrogens is 190 g/mol. The van der Waals surface area contributed by atoms with E-state index in [-0.39, 0.29) is 6.10 Å². The Bertz CT molecular complexity index is 194. The molecule has 2 N–H and O–H groups in total. The first-order valence-electron chi connectivity index (χ1n) is 6.11. The van der Waals surface area contributed by atoms with Gasteiger partial charge in [0.2, 0.25) is 0 Å². The number of hydrogen-bond donors (Lipinski definition) is 2. The third-order valence-electron chi connectivity index (χ3n) is 3.63. The Labute approximate surface area is 93.1 Å². The normalized spacial score (nSPS) is 32.6. The molecule has 1 rings (SSSR count). The van der Waals surface area contributed by atoms with Crippen molar-refractivity contribution in [2.24, 2.45) is 5.92 Å². The largest absolute Gasteiger partial charge is 0.393 e. The Morgan fingerprint density at radius 2 is 2.07 bits per heavy atom. The van der Waals surface area contributed by atoms with Crippen molar-refractivity contribution < 1.29 is 10.2 Å². The predicted molar refractivity (Wildman–Crippen MR) is 61.8 cm³/mol. The van der Waals surface area contributed by atoms with Crippen LogP contribution in [0.3, 0.4) is 0 Å². The molecule has 1 heterocycles. The van der Waals surface area contributed by atoms with E-state index < -0.39 is 5.60 Å². The van der Waals surface area contributed by atoms with Gasteiger partial charge in [0, 0.05) is 19.6 Å². The molecule has 1 saturated heterocycles. The van der Waals surface area contributed by atoms with E-state index in [1.165, 1.54) is 0 Å². The number of aliphatic hydroxyl groups is 2. The summed E-state index contributed by atoms with van der Waals surface area (Å²) in [6, 6.07) is 0. The molecule has 0 aromatic carbocycles. The molecule has 15 heavy (non-hydrogen) atoms. The van der Waals surface area contributed by atoms with Crippen molar-refractivity contribution in [3.63, 3.8) is 0 Å². The van der Waals surface area contributed by atoms with Gasteiger partial charge in [-0.3, -0.25) is 0 Å². The van der Waals surface area contributed by atoms with E-state index in [9.17, 15) is 10.2 Å². The first kappa shape index (κ1) is 12.9. The number of aliphatic hydroxyl groups excluding tert-OH is 1. The number of nitrogens with zero attached hydrogens (tertiary/aromatic N) is 1. The van der Waals surface area contributed by atoms with E-state index in [2.05, 4.69) is 11.8 Å². The molecule has 3 nitrogen and oxygen atoms in total. The molecule has 0 spiro atoms. The molecule has 3 unspecified atom stereocenters. The Morgan fingerprint density at radius 1 is 1.40 bits per heavy atom. The van der Waals surface area contributed by atoms with E-state index in [1.54, 1.807) is 0 Å². The van der Waals surface area contributed by atoms with Crippen LogP contribution in [-0.2, 0) is 0 Å². The average Bonchev–Trinajstić information content (AvgIpc) is 2.20. The third-order valence-corrected chi connectivity index (χ3v) is 3.63. The maximum Gasteiger partial charge on any atom is 0.0743 e. The van der Waals surface area contributed by atoms with Crippen molar-refractivity contribution in [3.05, 3.63) is 0 Å². The summed E-state index contributed by atoms with van der Waals surface area (Å²) >= 11 is 0. The summed E-state index contributed by atoms with van der Waals surface area (Å²) in [5.41, 5.74) is -0.583. The maximum atomic E-state index is 10.00. The quantitative estimate of drug-likeness (QED) is 0.741.